The van der Waals surface area contributed by atoms with Crippen LogP contribution in [0.5, 0.6) is 0 Å². The van der Waals surface area contributed by atoms with Crippen molar-refractivity contribution in [2.45, 2.75) is 17.4 Å². The molecular formula is C20H19N3O4S3. The van der Waals surface area contributed by atoms with Gasteiger partial charge in [0.15, 0.2) is 0 Å². The molecule has 0 spiro atoms. The summed E-state index contributed by atoms with van der Waals surface area (Å²) in [5, 5.41) is 6.37. The van der Waals surface area contributed by atoms with E-state index in [-0.39, 0.29) is 4.90 Å². The van der Waals surface area contributed by atoms with E-state index in [2.05, 4.69) is 9.82 Å². The summed E-state index contributed by atoms with van der Waals surface area (Å²) in [5.41, 5.74) is 1.63. The van der Waals surface area contributed by atoms with E-state index < -0.39 is 26.1 Å². The number of hydrogen-bond donors (Lipinski definition) is 1. The number of nitrogens with zero attached hydrogens (tertiary/aromatic N) is 2. The lowest BCUT2D eigenvalue weighted by Gasteiger charge is -2.22. The Morgan fingerprint density at radius 2 is 1.77 bits per heavy atom. The normalized spacial score (nSPS) is 17.0. The molecule has 0 amide bonds. The molecule has 10 heteroatoms. The highest BCUT2D eigenvalue weighted by atomic mass is 32.2. The Kier molecular flexibility index (Phi) is 5.39. The second-order valence-corrected chi connectivity index (χ2v) is 11.4. The first-order valence-corrected chi connectivity index (χ1v) is 13.2. The number of hydrogen-bond acceptors (Lipinski definition) is 6. The first-order chi connectivity index (χ1) is 14.2. The van der Waals surface area contributed by atoms with Crippen LogP contribution in [0.3, 0.4) is 0 Å². The molecule has 0 fully saturated rings. The van der Waals surface area contributed by atoms with Crippen LogP contribution in [0.2, 0.25) is 0 Å². The molecule has 0 bridgehead atoms. The Hall–Kier alpha value is -2.69. The van der Waals surface area contributed by atoms with Crippen molar-refractivity contribution in [2.75, 3.05) is 11.0 Å². The fourth-order valence-corrected chi connectivity index (χ4v) is 6.13. The third-order valence-corrected chi connectivity index (χ3v) is 7.81. The van der Waals surface area contributed by atoms with Crippen LogP contribution in [0.4, 0.5) is 5.69 Å². The number of hydrazone groups is 1. The molecule has 4 rings (SSSR count). The number of nitrogens with one attached hydrogen (secondary N) is 1. The maximum atomic E-state index is 13.3. The van der Waals surface area contributed by atoms with E-state index in [1.165, 1.54) is 15.8 Å². The maximum Gasteiger partial charge on any atom is 0.279 e. The van der Waals surface area contributed by atoms with E-state index in [4.69, 9.17) is 0 Å². The average Bonchev–Trinajstić information content (AvgIpc) is 3.37. The zero-order valence-corrected chi connectivity index (χ0v) is 18.4. The first kappa shape index (κ1) is 20.6. The molecular weight excluding hydrogens is 442 g/mol. The molecule has 3 aromatic rings. The summed E-state index contributed by atoms with van der Waals surface area (Å²) in [6.45, 7) is 0. The van der Waals surface area contributed by atoms with E-state index >= 15 is 0 Å². The van der Waals surface area contributed by atoms with Crippen LogP contribution >= 0.6 is 11.3 Å². The number of thiophene rings is 1. The molecule has 7 nitrogen and oxygen atoms in total. The Labute approximate surface area is 179 Å². The predicted octanol–water partition coefficient (Wildman–Crippen LogP) is 3.66. The molecule has 2 heterocycles. The first-order valence-electron chi connectivity index (χ1n) is 9.03. The van der Waals surface area contributed by atoms with Crippen LogP contribution in [-0.2, 0) is 20.0 Å². The van der Waals surface area contributed by atoms with Crippen LogP contribution in [-0.4, -0.2) is 33.2 Å². The monoisotopic (exact) mass is 461 g/mol. The molecule has 0 saturated heterocycles. The lowest BCUT2D eigenvalue weighted by Crippen LogP contribution is -2.26. The van der Waals surface area contributed by atoms with E-state index in [1.54, 1.807) is 54.6 Å². The fraction of sp³-hybridized carbons (Fsp3) is 0.150. The fourth-order valence-electron chi connectivity index (χ4n) is 3.25. The molecule has 0 aliphatic carbocycles. The molecule has 30 heavy (non-hydrogen) atoms. The van der Waals surface area contributed by atoms with Crippen molar-refractivity contribution in [3.05, 3.63) is 82.6 Å². The molecule has 0 radical (unpaired) electrons. The summed E-state index contributed by atoms with van der Waals surface area (Å²) in [7, 11) is -7.28. The lowest BCUT2D eigenvalue weighted by molar-refractivity contribution is 0.375. The quantitative estimate of drug-likeness (QED) is 0.606. The zero-order chi connectivity index (χ0) is 21.4. The van der Waals surface area contributed by atoms with Crippen LogP contribution in [0, 0.1) is 0 Å². The van der Waals surface area contributed by atoms with Gasteiger partial charge in [-0.05, 0) is 41.3 Å². The minimum atomic E-state index is -3.85. The van der Waals surface area contributed by atoms with Gasteiger partial charge in [-0.1, -0.05) is 36.4 Å². The lowest BCUT2D eigenvalue weighted by atomic mass is 10.0. The molecule has 1 aliphatic rings. The van der Waals surface area contributed by atoms with Crippen molar-refractivity contribution in [3.8, 4) is 0 Å². The smallest absolute Gasteiger partial charge is 0.279 e. The topological polar surface area (TPSA) is 95.9 Å². The Morgan fingerprint density at radius 1 is 1.00 bits per heavy atom. The predicted molar refractivity (Wildman–Crippen MR) is 119 cm³/mol. The summed E-state index contributed by atoms with van der Waals surface area (Å²) in [4.78, 5) is 1.06. The highest BCUT2D eigenvalue weighted by molar-refractivity contribution is 7.92. The van der Waals surface area contributed by atoms with Crippen LogP contribution < -0.4 is 4.72 Å². The molecule has 2 aromatic carbocycles. The third-order valence-electron chi connectivity index (χ3n) is 4.53. The molecule has 1 N–H and O–H groups in total. The largest absolute Gasteiger partial charge is 0.284 e. The van der Waals surface area contributed by atoms with Gasteiger partial charge in [0, 0.05) is 17.0 Å². The van der Waals surface area contributed by atoms with Gasteiger partial charge >= 0.3 is 0 Å². The zero-order valence-electron chi connectivity index (χ0n) is 16.0. The van der Waals surface area contributed by atoms with Crippen LogP contribution in [0.1, 0.15) is 22.9 Å². The van der Waals surface area contributed by atoms with Gasteiger partial charge in [0.05, 0.1) is 16.9 Å². The average molecular weight is 462 g/mol. The van der Waals surface area contributed by atoms with Crippen molar-refractivity contribution in [3.63, 3.8) is 0 Å². The number of anilines is 1. The minimum absolute atomic E-state index is 0.170. The molecule has 1 aliphatic heterocycles. The number of sulfonamides is 2. The van der Waals surface area contributed by atoms with E-state index in [1.807, 2.05) is 17.5 Å². The van der Waals surface area contributed by atoms with Gasteiger partial charge in [0.1, 0.15) is 6.04 Å². The van der Waals surface area contributed by atoms with Gasteiger partial charge in [0.25, 0.3) is 10.0 Å². The van der Waals surface area contributed by atoms with Gasteiger partial charge in [0.2, 0.25) is 10.0 Å². The van der Waals surface area contributed by atoms with Gasteiger partial charge < -0.3 is 0 Å². The van der Waals surface area contributed by atoms with Crippen molar-refractivity contribution >= 4 is 42.8 Å². The van der Waals surface area contributed by atoms with Gasteiger partial charge in [-0.25, -0.2) is 8.42 Å². The summed E-state index contributed by atoms with van der Waals surface area (Å²) in [6.07, 6.45) is 1.46. The van der Waals surface area contributed by atoms with Crippen LogP contribution in [0.15, 0.2) is 82.1 Å². The molecule has 0 unspecified atom stereocenters. The third kappa shape index (κ3) is 4.25. The minimum Gasteiger partial charge on any atom is -0.284 e. The molecule has 0 saturated carbocycles. The van der Waals surface area contributed by atoms with Crippen molar-refractivity contribution in [2.24, 2.45) is 5.10 Å². The number of benzene rings is 2. The Morgan fingerprint density at radius 3 is 2.43 bits per heavy atom. The summed E-state index contributed by atoms with van der Waals surface area (Å²) < 4.78 is 53.3. The van der Waals surface area contributed by atoms with Crippen LogP contribution in [0.25, 0.3) is 0 Å². The van der Waals surface area contributed by atoms with E-state index in [9.17, 15) is 16.8 Å². The van der Waals surface area contributed by atoms with Crippen molar-refractivity contribution < 1.29 is 16.8 Å². The second-order valence-electron chi connectivity index (χ2n) is 6.83. The van der Waals surface area contributed by atoms with Crippen molar-refractivity contribution in [1.29, 1.82) is 0 Å². The standard InChI is InChI=1S/C20H19N3O4S3/c1-29(24,25)22-16-8-5-7-15(13-16)18-14-19(20-11-6-12-28-20)23(21-18)30(26,27)17-9-3-2-4-10-17/h2-13,19,22H,14H2,1H3/t19-/m0/s1. The van der Waals surface area contributed by atoms with E-state index in [0.717, 1.165) is 11.1 Å². The maximum absolute atomic E-state index is 13.3. The number of rotatable bonds is 6. The van der Waals surface area contributed by atoms with E-state index in [0.29, 0.717) is 23.4 Å². The SMILES string of the molecule is CS(=O)(=O)Nc1cccc(C2=NN(S(=O)(=O)c3ccccc3)[C@H](c3cccs3)C2)c1. The highest BCUT2D eigenvalue weighted by Gasteiger charge is 2.38. The Balaban J connectivity index is 1.76. The van der Waals surface area contributed by atoms with Gasteiger partial charge in [-0.3, -0.25) is 4.72 Å². The molecule has 1 aromatic heterocycles. The summed E-state index contributed by atoms with van der Waals surface area (Å²) in [5.74, 6) is 0. The second kappa shape index (κ2) is 7.86. The molecule has 156 valence electrons. The van der Waals surface area contributed by atoms with Crippen molar-refractivity contribution in [1.82, 2.24) is 4.41 Å². The summed E-state index contributed by atoms with van der Waals surface area (Å²) in [6, 6.07) is 18.3. The summed E-state index contributed by atoms with van der Waals surface area (Å²) >= 11 is 1.47. The van der Waals surface area contributed by atoms with Gasteiger partial charge in [-0.2, -0.15) is 17.9 Å². The Bertz CT molecular complexity index is 1290. The molecule has 1 atom stereocenters. The van der Waals surface area contributed by atoms with Gasteiger partial charge in [-0.15, -0.1) is 11.3 Å². The highest BCUT2D eigenvalue weighted by Crippen LogP contribution is 2.39.